The number of hydrogen-bond acceptors (Lipinski definition) is 3. The number of ether oxygens (including phenoxy) is 1. The molecule has 1 aliphatic rings. The summed E-state index contributed by atoms with van der Waals surface area (Å²) in [5, 5.41) is 2.69. The van der Waals surface area contributed by atoms with E-state index in [4.69, 9.17) is 4.74 Å². The third-order valence-electron chi connectivity index (χ3n) is 4.89. The molecule has 1 aliphatic heterocycles. The van der Waals surface area contributed by atoms with Gasteiger partial charge in [0.15, 0.2) is 0 Å². The molecule has 5 nitrogen and oxygen atoms in total. The lowest BCUT2D eigenvalue weighted by atomic mass is 9.87. The van der Waals surface area contributed by atoms with Crippen molar-refractivity contribution in [1.82, 2.24) is 4.98 Å². The predicted molar refractivity (Wildman–Crippen MR) is 99.1 cm³/mol. The molecule has 0 bridgehead atoms. The lowest BCUT2D eigenvalue weighted by molar-refractivity contribution is -0.116. The number of carbonyl (C=O) groups excluding carboxylic acids is 2. The molecule has 1 unspecified atom stereocenters. The summed E-state index contributed by atoms with van der Waals surface area (Å²) in [5.74, 6) is -3.11. The standard InChI is InChI=1S/C21H16F2N2O3/c1-10-16(21(27)28-2)18(19(24-10)12-5-3-4-6-14(12)23)17-13-9-11(22)7-8-15(13)25-20(17)26/h3-9,17,24H,1-2H3,(H,25,26). The van der Waals surface area contributed by atoms with E-state index in [1.807, 2.05) is 0 Å². The van der Waals surface area contributed by atoms with E-state index >= 15 is 0 Å². The van der Waals surface area contributed by atoms with Crippen molar-refractivity contribution in [2.45, 2.75) is 12.8 Å². The van der Waals surface area contributed by atoms with Crippen molar-refractivity contribution in [3.8, 4) is 11.3 Å². The summed E-state index contributed by atoms with van der Waals surface area (Å²) in [6.45, 7) is 1.64. The molecule has 0 fully saturated rings. The van der Waals surface area contributed by atoms with Crippen LogP contribution in [0.25, 0.3) is 11.3 Å². The second-order valence-electron chi connectivity index (χ2n) is 6.54. The first-order valence-corrected chi connectivity index (χ1v) is 8.58. The zero-order valence-electron chi connectivity index (χ0n) is 15.1. The van der Waals surface area contributed by atoms with Crippen LogP contribution in [0, 0.1) is 18.6 Å². The van der Waals surface area contributed by atoms with Crippen molar-refractivity contribution < 1.29 is 23.1 Å². The maximum Gasteiger partial charge on any atom is 0.340 e. The highest BCUT2D eigenvalue weighted by Crippen LogP contribution is 2.44. The number of halogens is 2. The van der Waals surface area contributed by atoms with E-state index in [-0.39, 0.29) is 22.4 Å². The second-order valence-corrected chi connectivity index (χ2v) is 6.54. The Morgan fingerprint density at radius 2 is 1.89 bits per heavy atom. The molecule has 4 rings (SSSR count). The van der Waals surface area contributed by atoms with E-state index in [2.05, 4.69) is 10.3 Å². The topological polar surface area (TPSA) is 71.2 Å². The highest BCUT2D eigenvalue weighted by atomic mass is 19.1. The van der Waals surface area contributed by atoms with E-state index in [9.17, 15) is 18.4 Å². The molecule has 3 aromatic rings. The summed E-state index contributed by atoms with van der Waals surface area (Å²) in [5.41, 5.74) is 2.14. The fourth-order valence-corrected chi connectivity index (χ4v) is 3.69. The average Bonchev–Trinajstić information content (AvgIpc) is 3.16. The van der Waals surface area contributed by atoms with E-state index in [0.717, 1.165) is 0 Å². The Morgan fingerprint density at radius 3 is 2.61 bits per heavy atom. The number of rotatable bonds is 3. The zero-order valence-corrected chi connectivity index (χ0v) is 15.1. The Morgan fingerprint density at radius 1 is 1.14 bits per heavy atom. The quantitative estimate of drug-likeness (QED) is 0.669. The number of amides is 1. The summed E-state index contributed by atoms with van der Waals surface area (Å²) in [7, 11) is 1.23. The highest BCUT2D eigenvalue weighted by molar-refractivity contribution is 6.08. The fraction of sp³-hybridized carbons (Fsp3) is 0.143. The fourth-order valence-electron chi connectivity index (χ4n) is 3.69. The minimum absolute atomic E-state index is 0.137. The van der Waals surface area contributed by atoms with Crippen molar-refractivity contribution in [3.05, 3.63) is 76.5 Å². The van der Waals surface area contributed by atoms with Gasteiger partial charge in [-0.2, -0.15) is 0 Å². The lowest BCUT2D eigenvalue weighted by Gasteiger charge is -2.14. The van der Waals surface area contributed by atoms with Crippen LogP contribution in [-0.4, -0.2) is 24.0 Å². The van der Waals surface area contributed by atoms with Gasteiger partial charge in [-0.25, -0.2) is 13.6 Å². The summed E-state index contributed by atoms with van der Waals surface area (Å²) in [4.78, 5) is 28.3. The minimum Gasteiger partial charge on any atom is -0.465 e. The van der Waals surface area contributed by atoms with Crippen LogP contribution in [0.2, 0.25) is 0 Å². The first-order chi connectivity index (χ1) is 13.4. The van der Waals surface area contributed by atoms with Crippen LogP contribution in [0.3, 0.4) is 0 Å². The van der Waals surface area contributed by atoms with Crippen molar-refractivity contribution in [1.29, 1.82) is 0 Å². The first-order valence-electron chi connectivity index (χ1n) is 8.58. The normalized spacial score (nSPS) is 15.3. The van der Waals surface area contributed by atoms with Gasteiger partial charge in [0.1, 0.15) is 11.6 Å². The van der Waals surface area contributed by atoms with Gasteiger partial charge in [-0.15, -0.1) is 0 Å². The van der Waals surface area contributed by atoms with Crippen LogP contribution >= 0.6 is 0 Å². The monoisotopic (exact) mass is 382 g/mol. The van der Waals surface area contributed by atoms with Crippen LogP contribution in [-0.2, 0) is 9.53 Å². The van der Waals surface area contributed by atoms with Crippen molar-refractivity contribution in [2.75, 3.05) is 12.4 Å². The number of fused-ring (bicyclic) bond motifs is 1. The van der Waals surface area contributed by atoms with Gasteiger partial charge in [0.2, 0.25) is 5.91 Å². The molecule has 142 valence electrons. The van der Waals surface area contributed by atoms with E-state index < -0.39 is 29.4 Å². The van der Waals surface area contributed by atoms with Crippen molar-refractivity contribution >= 4 is 17.6 Å². The molecular weight excluding hydrogens is 366 g/mol. The average molecular weight is 382 g/mol. The second kappa shape index (κ2) is 6.60. The molecule has 28 heavy (non-hydrogen) atoms. The SMILES string of the molecule is COC(=O)c1c(C)[nH]c(-c2ccccc2F)c1C1C(=O)Nc2ccc(F)cc21. The third kappa shape index (κ3) is 2.67. The Hall–Kier alpha value is -3.48. The van der Waals surface area contributed by atoms with Gasteiger partial charge in [-0.3, -0.25) is 4.79 Å². The minimum atomic E-state index is -0.987. The molecule has 2 aromatic carbocycles. The number of nitrogens with one attached hydrogen (secondary N) is 2. The number of esters is 1. The largest absolute Gasteiger partial charge is 0.465 e. The Bertz CT molecular complexity index is 1120. The number of hydrogen-bond donors (Lipinski definition) is 2. The van der Waals surface area contributed by atoms with Gasteiger partial charge in [0.25, 0.3) is 0 Å². The summed E-state index contributed by atoms with van der Waals surface area (Å²) >= 11 is 0. The molecule has 1 atom stereocenters. The third-order valence-corrected chi connectivity index (χ3v) is 4.89. The lowest BCUT2D eigenvalue weighted by Crippen LogP contribution is -2.17. The molecule has 0 radical (unpaired) electrons. The smallest absolute Gasteiger partial charge is 0.340 e. The maximum atomic E-state index is 14.5. The molecule has 2 heterocycles. The number of anilines is 1. The number of carbonyl (C=O) groups is 2. The molecule has 0 saturated heterocycles. The Kier molecular flexibility index (Phi) is 4.22. The van der Waals surface area contributed by atoms with E-state index in [0.29, 0.717) is 16.9 Å². The van der Waals surface area contributed by atoms with Crippen molar-refractivity contribution in [3.63, 3.8) is 0 Å². The number of aryl methyl sites for hydroxylation is 1. The van der Waals surface area contributed by atoms with Crippen LogP contribution < -0.4 is 5.32 Å². The van der Waals surface area contributed by atoms with Crippen molar-refractivity contribution in [2.24, 2.45) is 0 Å². The molecule has 0 saturated carbocycles. The number of aromatic amines is 1. The summed E-state index contributed by atoms with van der Waals surface area (Å²) in [6, 6.07) is 9.97. The number of H-pyrrole nitrogens is 1. The van der Waals surface area contributed by atoms with Gasteiger partial charge in [0, 0.05) is 22.5 Å². The molecule has 7 heteroatoms. The summed E-state index contributed by atoms with van der Waals surface area (Å²) < 4.78 is 33.3. The molecule has 2 N–H and O–H groups in total. The summed E-state index contributed by atoms with van der Waals surface area (Å²) in [6.07, 6.45) is 0. The van der Waals surface area contributed by atoms with Gasteiger partial charge >= 0.3 is 5.97 Å². The van der Waals surface area contributed by atoms with Gasteiger partial charge in [-0.1, -0.05) is 12.1 Å². The van der Waals surface area contributed by atoms with Crippen LogP contribution in [0.5, 0.6) is 0 Å². The van der Waals surface area contributed by atoms with E-state index in [1.165, 1.54) is 31.4 Å². The van der Waals surface area contributed by atoms with Gasteiger partial charge < -0.3 is 15.0 Å². The Balaban J connectivity index is 2.04. The molecule has 1 amide bonds. The van der Waals surface area contributed by atoms with Crippen LogP contribution in [0.15, 0.2) is 42.5 Å². The van der Waals surface area contributed by atoms with Crippen LogP contribution in [0.4, 0.5) is 14.5 Å². The van der Waals surface area contributed by atoms with Gasteiger partial charge in [-0.05, 0) is 42.8 Å². The Labute approximate surface area is 159 Å². The molecule has 0 spiro atoms. The molecule has 0 aliphatic carbocycles. The first kappa shape index (κ1) is 17.9. The number of aromatic nitrogens is 1. The highest BCUT2D eigenvalue weighted by Gasteiger charge is 2.39. The van der Waals surface area contributed by atoms with Gasteiger partial charge in [0.05, 0.1) is 24.3 Å². The predicted octanol–water partition coefficient (Wildman–Crippen LogP) is 4.14. The van der Waals surface area contributed by atoms with E-state index in [1.54, 1.807) is 25.1 Å². The molecular formula is C21H16F2N2O3. The number of methoxy groups -OCH3 is 1. The maximum absolute atomic E-state index is 14.5. The zero-order chi connectivity index (χ0) is 20.0. The number of benzene rings is 2. The molecule has 1 aromatic heterocycles. The van der Waals surface area contributed by atoms with Crippen LogP contribution in [0.1, 0.15) is 33.1 Å².